The first-order valence-corrected chi connectivity index (χ1v) is 6.84. The molecule has 0 spiro atoms. The van der Waals surface area contributed by atoms with E-state index in [9.17, 15) is 0 Å². The Bertz CT molecular complexity index is 377. The van der Waals surface area contributed by atoms with Crippen molar-refractivity contribution in [3.8, 4) is 0 Å². The Hall–Kier alpha value is -0.980. The van der Waals surface area contributed by atoms with Crippen molar-refractivity contribution in [3.63, 3.8) is 0 Å². The van der Waals surface area contributed by atoms with E-state index in [4.69, 9.17) is 14.0 Å². The van der Waals surface area contributed by atoms with Gasteiger partial charge in [0, 0.05) is 20.3 Å². The smallest absolute Gasteiger partial charge is 0.243 e. The molecule has 0 radical (unpaired) electrons. The van der Waals surface area contributed by atoms with Crippen LogP contribution in [0.2, 0.25) is 0 Å². The summed E-state index contributed by atoms with van der Waals surface area (Å²) < 4.78 is 16.0. The van der Waals surface area contributed by atoms with Crippen molar-refractivity contribution in [2.75, 3.05) is 27.3 Å². The van der Waals surface area contributed by atoms with Crippen LogP contribution in [0.3, 0.4) is 0 Å². The summed E-state index contributed by atoms with van der Waals surface area (Å²) in [6.07, 6.45) is 3.89. The molecule has 0 amide bonds. The van der Waals surface area contributed by atoms with Crippen LogP contribution >= 0.6 is 0 Å². The molecule has 1 saturated heterocycles. The summed E-state index contributed by atoms with van der Waals surface area (Å²) in [4.78, 5) is 6.52. The highest BCUT2D eigenvalue weighted by molar-refractivity contribution is 4.91. The number of methoxy groups -OCH3 is 1. The third-order valence-corrected chi connectivity index (χ3v) is 3.54. The van der Waals surface area contributed by atoms with E-state index in [0.717, 1.165) is 19.6 Å². The Labute approximate surface area is 114 Å². The minimum Gasteiger partial charge on any atom is -0.377 e. The minimum absolute atomic E-state index is 0.0867. The monoisotopic (exact) mass is 269 g/mol. The van der Waals surface area contributed by atoms with E-state index in [0.29, 0.717) is 24.4 Å². The molecule has 1 aliphatic heterocycles. The summed E-state index contributed by atoms with van der Waals surface area (Å²) in [5.74, 6) is 1.22. The Balaban J connectivity index is 1.87. The molecule has 2 rings (SSSR count). The molecule has 6 heteroatoms. The molecule has 108 valence electrons. The number of hydrogen-bond acceptors (Lipinski definition) is 6. The predicted molar refractivity (Wildman–Crippen MR) is 69.6 cm³/mol. The van der Waals surface area contributed by atoms with Crippen molar-refractivity contribution >= 4 is 0 Å². The average Bonchev–Trinajstić information content (AvgIpc) is 2.88. The van der Waals surface area contributed by atoms with Gasteiger partial charge in [-0.05, 0) is 33.2 Å². The second kappa shape index (κ2) is 6.98. The lowest BCUT2D eigenvalue weighted by molar-refractivity contribution is -0.00918. The van der Waals surface area contributed by atoms with E-state index in [-0.39, 0.29) is 6.04 Å². The second-order valence-electron chi connectivity index (χ2n) is 5.09. The molecule has 1 aromatic heterocycles. The van der Waals surface area contributed by atoms with Crippen LogP contribution < -0.4 is 0 Å². The topological polar surface area (TPSA) is 60.6 Å². The number of aromatic nitrogens is 2. The first-order valence-electron chi connectivity index (χ1n) is 6.84. The number of likely N-dealkylation sites (N-methyl/N-ethyl adjacent to an activating group) is 1. The Morgan fingerprint density at radius 2 is 2.32 bits per heavy atom. The lowest BCUT2D eigenvalue weighted by Gasteiger charge is -2.29. The van der Waals surface area contributed by atoms with Gasteiger partial charge in [-0.3, -0.25) is 4.90 Å². The van der Waals surface area contributed by atoms with Crippen molar-refractivity contribution in [2.24, 2.45) is 0 Å². The summed E-state index contributed by atoms with van der Waals surface area (Å²) in [5.41, 5.74) is 0. The summed E-state index contributed by atoms with van der Waals surface area (Å²) >= 11 is 0. The van der Waals surface area contributed by atoms with Crippen LogP contribution in [-0.4, -0.2) is 48.5 Å². The summed E-state index contributed by atoms with van der Waals surface area (Å²) in [7, 11) is 3.68. The van der Waals surface area contributed by atoms with E-state index < -0.39 is 0 Å². The van der Waals surface area contributed by atoms with Gasteiger partial charge in [0.25, 0.3) is 0 Å². The van der Waals surface area contributed by atoms with Crippen molar-refractivity contribution in [1.29, 1.82) is 0 Å². The van der Waals surface area contributed by atoms with E-state index in [1.807, 2.05) is 0 Å². The molecule has 0 aromatic carbocycles. The fraction of sp³-hybridized carbons (Fsp3) is 0.846. The zero-order valence-corrected chi connectivity index (χ0v) is 12.0. The van der Waals surface area contributed by atoms with Gasteiger partial charge in [-0.15, -0.1) is 0 Å². The summed E-state index contributed by atoms with van der Waals surface area (Å²) in [6.45, 7) is 4.22. The van der Waals surface area contributed by atoms with Gasteiger partial charge >= 0.3 is 0 Å². The quantitative estimate of drug-likeness (QED) is 0.784. The maximum atomic E-state index is 5.75. The molecule has 1 aromatic rings. The second-order valence-corrected chi connectivity index (χ2v) is 5.09. The highest BCUT2D eigenvalue weighted by Gasteiger charge is 2.23. The highest BCUT2D eigenvalue weighted by Crippen LogP contribution is 2.20. The van der Waals surface area contributed by atoms with Gasteiger partial charge < -0.3 is 14.0 Å². The van der Waals surface area contributed by atoms with Crippen LogP contribution in [0.4, 0.5) is 0 Å². The van der Waals surface area contributed by atoms with E-state index in [2.05, 4.69) is 29.0 Å². The maximum Gasteiger partial charge on any atom is 0.243 e. The Morgan fingerprint density at radius 3 is 3.00 bits per heavy atom. The van der Waals surface area contributed by atoms with Gasteiger partial charge in [-0.25, -0.2) is 0 Å². The molecule has 19 heavy (non-hydrogen) atoms. The van der Waals surface area contributed by atoms with Crippen LogP contribution in [0.1, 0.15) is 43.9 Å². The van der Waals surface area contributed by atoms with Gasteiger partial charge in [0.15, 0.2) is 5.82 Å². The van der Waals surface area contributed by atoms with Crippen molar-refractivity contribution < 1.29 is 14.0 Å². The van der Waals surface area contributed by atoms with Gasteiger partial charge in [-0.1, -0.05) is 5.16 Å². The fourth-order valence-corrected chi connectivity index (χ4v) is 2.24. The lowest BCUT2D eigenvalue weighted by atomic mass is 10.1. The Morgan fingerprint density at radius 1 is 1.47 bits per heavy atom. The minimum atomic E-state index is 0.0867. The SMILES string of the molecule is COCc1noc([C@H](C)N(C)C[C@H]2CCCCO2)n1. The van der Waals surface area contributed by atoms with Gasteiger partial charge in [0.05, 0.1) is 12.1 Å². The molecule has 0 N–H and O–H groups in total. The maximum absolute atomic E-state index is 5.75. The summed E-state index contributed by atoms with van der Waals surface area (Å²) in [6, 6.07) is 0.0867. The summed E-state index contributed by atoms with van der Waals surface area (Å²) in [5, 5.41) is 3.89. The van der Waals surface area contributed by atoms with Crippen molar-refractivity contribution in [1.82, 2.24) is 15.0 Å². The molecule has 0 unspecified atom stereocenters. The molecule has 2 heterocycles. The number of ether oxygens (including phenoxy) is 2. The Kier molecular flexibility index (Phi) is 5.30. The van der Waals surface area contributed by atoms with Gasteiger partial charge in [0.2, 0.25) is 5.89 Å². The third-order valence-electron chi connectivity index (χ3n) is 3.54. The third kappa shape index (κ3) is 3.99. The van der Waals surface area contributed by atoms with Gasteiger partial charge in [0.1, 0.15) is 6.61 Å². The molecule has 0 saturated carbocycles. The molecule has 0 aliphatic carbocycles. The standard InChI is InChI=1S/C13H23N3O3/c1-10(13-14-12(9-17-3)15-19-13)16(2)8-11-6-4-5-7-18-11/h10-11H,4-9H2,1-3H3/t10-,11+/m0/s1. The fourth-order valence-electron chi connectivity index (χ4n) is 2.24. The van der Waals surface area contributed by atoms with Crippen LogP contribution in [0.15, 0.2) is 4.52 Å². The van der Waals surface area contributed by atoms with E-state index >= 15 is 0 Å². The van der Waals surface area contributed by atoms with Crippen LogP contribution in [0.25, 0.3) is 0 Å². The van der Waals surface area contributed by atoms with Gasteiger partial charge in [-0.2, -0.15) is 4.98 Å². The normalized spacial score (nSPS) is 21.8. The van der Waals surface area contributed by atoms with Crippen LogP contribution in [0, 0.1) is 0 Å². The number of rotatable bonds is 6. The molecule has 1 aliphatic rings. The predicted octanol–water partition coefficient (Wildman–Crippen LogP) is 1.78. The molecular weight excluding hydrogens is 246 g/mol. The first-order chi connectivity index (χ1) is 9.20. The molecular formula is C13H23N3O3. The molecule has 6 nitrogen and oxygen atoms in total. The largest absolute Gasteiger partial charge is 0.377 e. The molecule has 2 atom stereocenters. The molecule has 1 fully saturated rings. The molecule has 0 bridgehead atoms. The van der Waals surface area contributed by atoms with Crippen molar-refractivity contribution in [3.05, 3.63) is 11.7 Å². The van der Waals surface area contributed by atoms with Crippen molar-refractivity contribution in [2.45, 2.75) is 44.9 Å². The van der Waals surface area contributed by atoms with Crippen LogP contribution in [0.5, 0.6) is 0 Å². The zero-order chi connectivity index (χ0) is 13.7. The lowest BCUT2D eigenvalue weighted by Crippen LogP contribution is -2.35. The average molecular weight is 269 g/mol. The van der Waals surface area contributed by atoms with Crippen LogP contribution in [-0.2, 0) is 16.1 Å². The van der Waals surface area contributed by atoms with E-state index in [1.165, 1.54) is 12.8 Å². The highest BCUT2D eigenvalue weighted by atomic mass is 16.5. The number of nitrogens with zero attached hydrogens (tertiary/aromatic N) is 3. The van der Waals surface area contributed by atoms with E-state index in [1.54, 1.807) is 7.11 Å². The first kappa shape index (κ1) is 14.4. The zero-order valence-electron chi connectivity index (χ0n) is 12.0. The number of hydrogen-bond donors (Lipinski definition) is 0.